The number of sulfonamides is 1. The third kappa shape index (κ3) is 4.83. The summed E-state index contributed by atoms with van der Waals surface area (Å²) in [6.45, 7) is 4.15. The van der Waals surface area contributed by atoms with Crippen LogP contribution in [0.4, 0.5) is 5.69 Å². The lowest BCUT2D eigenvalue weighted by atomic mass is 10.1. The Hall–Kier alpha value is -2.34. The predicted molar refractivity (Wildman–Crippen MR) is 94.1 cm³/mol. The van der Waals surface area contributed by atoms with Crippen molar-refractivity contribution in [2.75, 3.05) is 11.3 Å². The number of benzene rings is 2. The lowest BCUT2D eigenvalue weighted by molar-refractivity contribution is 0.101. The number of ether oxygens (including phenoxy) is 1. The summed E-state index contributed by atoms with van der Waals surface area (Å²) in [7, 11) is -3.68. The van der Waals surface area contributed by atoms with Gasteiger partial charge in [0, 0.05) is 11.3 Å². The Morgan fingerprint density at radius 1 is 1.04 bits per heavy atom. The fraction of sp³-hybridized carbons (Fsp3) is 0.278. The molecule has 0 bridgehead atoms. The van der Waals surface area contributed by atoms with Crippen molar-refractivity contribution in [3.05, 3.63) is 54.1 Å². The molecule has 0 amide bonds. The van der Waals surface area contributed by atoms with Gasteiger partial charge < -0.3 is 4.74 Å². The van der Waals surface area contributed by atoms with Gasteiger partial charge in [0.2, 0.25) is 0 Å². The van der Waals surface area contributed by atoms with E-state index >= 15 is 0 Å². The maximum Gasteiger partial charge on any atom is 0.261 e. The van der Waals surface area contributed by atoms with Crippen molar-refractivity contribution < 1.29 is 17.9 Å². The highest BCUT2D eigenvalue weighted by atomic mass is 32.2. The third-order valence-corrected chi connectivity index (χ3v) is 4.84. The molecule has 0 heterocycles. The van der Waals surface area contributed by atoms with Crippen molar-refractivity contribution in [3.8, 4) is 5.75 Å². The Kier molecular flexibility index (Phi) is 5.98. The lowest BCUT2D eigenvalue weighted by Gasteiger charge is -2.10. The van der Waals surface area contributed by atoms with E-state index in [1.165, 1.54) is 19.1 Å². The van der Waals surface area contributed by atoms with Crippen molar-refractivity contribution in [3.63, 3.8) is 0 Å². The summed E-state index contributed by atoms with van der Waals surface area (Å²) in [6.07, 6.45) is 2.00. The molecule has 24 heavy (non-hydrogen) atoms. The molecule has 2 aromatic carbocycles. The molecule has 0 aliphatic rings. The molecule has 0 atom stereocenters. The standard InChI is InChI=1S/C18H21NO4S/c1-3-4-13-23-17-9-11-18(12-10-17)24(21,22)19-16-7-5-15(6-8-16)14(2)20/h5-12,19H,3-4,13H2,1-2H3. The van der Waals surface area contributed by atoms with Crippen molar-refractivity contribution in [2.45, 2.75) is 31.6 Å². The van der Waals surface area contributed by atoms with Crippen LogP contribution in [-0.2, 0) is 10.0 Å². The van der Waals surface area contributed by atoms with Crippen LogP contribution in [0.2, 0.25) is 0 Å². The van der Waals surface area contributed by atoms with Gasteiger partial charge >= 0.3 is 0 Å². The van der Waals surface area contributed by atoms with E-state index in [0.29, 0.717) is 23.6 Å². The van der Waals surface area contributed by atoms with Crippen LogP contribution in [0.1, 0.15) is 37.0 Å². The highest BCUT2D eigenvalue weighted by Crippen LogP contribution is 2.20. The molecule has 0 unspecified atom stereocenters. The van der Waals surface area contributed by atoms with E-state index in [1.54, 1.807) is 36.4 Å². The third-order valence-electron chi connectivity index (χ3n) is 3.44. The number of anilines is 1. The molecule has 128 valence electrons. The van der Waals surface area contributed by atoms with Crippen LogP contribution in [-0.4, -0.2) is 20.8 Å². The smallest absolute Gasteiger partial charge is 0.261 e. The zero-order valence-electron chi connectivity index (χ0n) is 13.8. The van der Waals surface area contributed by atoms with E-state index in [2.05, 4.69) is 11.6 Å². The van der Waals surface area contributed by atoms with E-state index in [1.807, 2.05) is 0 Å². The number of ketones is 1. The molecule has 0 radical (unpaired) electrons. The van der Waals surface area contributed by atoms with Gasteiger partial charge in [0.15, 0.2) is 5.78 Å². The average molecular weight is 347 g/mol. The molecule has 0 saturated carbocycles. The summed E-state index contributed by atoms with van der Waals surface area (Å²) < 4.78 is 32.8. The fourth-order valence-electron chi connectivity index (χ4n) is 2.04. The molecule has 2 aromatic rings. The molecule has 1 N–H and O–H groups in total. The number of hydrogen-bond acceptors (Lipinski definition) is 4. The van der Waals surface area contributed by atoms with Gasteiger partial charge in [0.1, 0.15) is 5.75 Å². The van der Waals surface area contributed by atoms with Crippen LogP contribution in [0.5, 0.6) is 5.75 Å². The number of carbonyl (C=O) groups is 1. The zero-order valence-corrected chi connectivity index (χ0v) is 14.6. The first-order chi connectivity index (χ1) is 11.4. The van der Waals surface area contributed by atoms with Gasteiger partial charge in [-0.15, -0.1) is 0 Å². The van der Waals surface area contributed by atoms with Crippen LogP contribution in [0, 0.1) is 0 Å². The van der Waals surface area contributed by atoms with Crippen molar-refractivity contribution in [2.24, 2.45) is 0 Å². The number of hydrogen-bond donors (Lipinski definition) is 1. The lowest BCUT2D eigenvalue weighted by Crippen LogP contribution is -2.13. The molecular weight excluding hydrogens is 326 g/mol. The maximum atomic E-state index is 12.4. The summed E-state index contributed by atoms with van der Waals surface area (Å²) >= 11 is 0. The largest absolute Gasteiger partial charge is 0.494 e. The zero-order chi connectivity index (χ0) is 17.6. The van der Waals surface area contributed by atoms with E-state index in [-0.39, 0.29) is 10.7 Å². The quantitative estimate of drug-likeness (QED) is 0.581. The second kappa shape index (κ2) is 7.97. The van der Waals surface area contributed by atoms with Gasteiger partial charge in [-0.05, 0) is 61.9 Å². The number of Topliss-reactive ketones (excluding diaryl/α,β-unsaturated/α-hetero) is 1. The molecular formula is C18H21NO4S. The second-order valence-corrected chi connectivity index (χ2v) is 7.09. The van der Waals surface area contributed by atoms with E-state index < -0.39 is 10.0 Å². The monoisotopic (exact) mass is 347 g/mol. The van der Waals surface area contributed by atoms with Crippen LogP contribution >= 0.6 is 0 Å². The van der Waals surface area contributed by atoms with Crippen LogP contribution in [0.3, 0.4) is 0 Å². The van der Waals surface area contributed by atoms with Crippen LogP contribution < -0.4 is 9.46 Å². The first kappa shape index (κ1) is 18.0. The summed E-state index contributed by atoms with van der Waals surface area (Å²) in [5.74, 6) is 0.580. The van der Waals surface area contributed by atoms with E-state index in [0.717, 1.165) is 12.8 Å². The summed E-state index contributed by atoms with van der Waals surface area (Å²) in [6, 6.07) is 12.6. The normalized spacial score (nSPS) is 11.1. The Labute approximate surface area is 142 Å². The summed E-state index contributed by atoms with van der Waals surface area (Å²) in [5.41, 5.74) is 0.940. The SMILES string of the molecule is CCCCOc1ccc(S(=O)(=O)Nc2ccc(C(C)=O)cc2)cc1. The molecule has 0 aliphatic heterocycles. The highest BCUT2D eigenvalue weighted by molar-refractivity contribution is 7.92. The topological polar surface area (TPSA) is 72.5 Å². The molecule has 6 heteroatoms. The fourth-order valence-corrected chi connectivity index (χ4v) is 3.10. The Morgan fingerprint density at radius 2 is 1.67 bits per heavy atom. The van der Waals surface area contributed by atoms with Crippen LogP contribution in [0.15, 0.2) is 53.4 Å². The molecule has 2 rings (SSSR count). The summed E-state index contributed by atoms with van der Waals surface area (Å²) in [5, 5.41) is 0. The Balaban J connectivity index is 2.08. The highest BCUT2D eigenvalue weighted by Gasteiger charge is 2.14. The first-order valence-corrected chi connectivity index (χ1v) is 9.27. The summed E-state index contributed by atoms with van der Waals surface area (Å²) in [4.78, 5) is 11.4. The minimum atomic E-state index is -3.68. The van der Waals surface area contributed by atoms with Crippen molar-refractivity contribution in [1.82, 2.24) is 0 Å². The molecule has 0 spiro atoms. The maximum absolute atomic E-state index is 12.4. The molecule has 5 nitrogen and oxygen atoms in total. The molecule has 0 fully saturated rings. The average Bonchev–Trinajstić information content (AvgIpc) is 2.56. The molecule has 0 saturated heterocycles. The Bertz CT molecular complexity index is 781. The number of carbonyl (C=O) groups excluding carboxylic acids is 1. The number of rotatable bonds is 8. The van der Waals surface area contributed by atoms with Crippen molar-refractivity contribution in [1.29, 1.82) is 0 Å². The van der Waals surface area contributed by atoms with E-state index in [9.17, 15) is 13.2 Å². The van der Waals surface area contributed by atoms with Crippen molar-refractivity contribution >= 4 is 21.5 Å². The molecule has 0 aliphatic carbocycles. The number of nitrogens with one attached hydrogen (secondary N) is 1. The minimum absolute atomic E-state index is 0.0666. The van der Waals surface area contributed by atoms with Crippen LogP contribution in [0.25, 0.3) is 0 Å². The van der Waals surface area contributed by atoms with Gasteiger partial charge in [-0.1, -0.05) is 13.3 Å². The molecule has 0 aromatic heterocycles. The first-order valence-electron chi connectivity index (χ1n) is 7.79. The van der Waals surface area contributed by atoms with E-state index in [4.69, 9.17) is 4.74 Å². The van der Waals surface area contributed by atoms with Gasteiger partial charge in [0.05, 0.1) is 11.5 Å². The van der Waals surface area contributed by atoms with Gasteiger partial charge in [-0.3, -0.25) is 9.52 Å². The minimum Gasteiger partial charge on any atom is -0.494 e. The predicted octanol–water partition coefficient (Wildman–Crippen LogP) is 3.87. The van der Waals surface area contributed by atoms with Gasteiger partial charge in [0.25, 0.3) is 10.0 Å². The second-order valence-electron chi connectivity index (χ2n) is 5.41. The van der Waals surface area contributed by atoms with Gasteiger partial charge in [-0.2, -0.15) is 0 Å². The number of unbranched alkanes of at least 4 members (excludes halogenated alkanes) is 1. The Morgan fingerprint density at radius 3 is 2.21 bits per heavy atom. The van der Waals surface area contributed by atoms with Gasteiger partial charge in [-0.25, -0.2) is 8.42 Å².